The Labute approximate surface area is 179 Å². The lowest BCUT2D eigenvalue weighted by Gasteiger charge is -2.44. The van der Waals surface area contributed by atoms with Gasteiger partial charge in [-0.3, -0.25) is 0 Å². The van der Waals surface area contributed by atoms with E-state index in [2.05, 4.69) is 50.0 Å². The molecule has 0 aliphatic carbocycles. The zero-order valence-corrected chi connectivity index (χ0v) is 19.2. The molecule has 0 saturated carbocycles. The van der Waals surface area contributed by atoms with Gasteiger partial charge < -0.3 is 13.6 Å². The average Bonchev–Trinajstić information content (AvgIpc) is 3.23. The summed E-state index contributed by atoms with van der Waals surface area (Å²) in [5.41, 5.74) is 0.157. The Morgan fingerprint density at radius 3 is 2.03 bits per heavy atom. The zero-order valence-electron chi connectivity index (χ0n) is 18.2. The molecule has 30 heavy (non-hydrogen) atoms. The van der Waals surface area contributed by atoms with Crippen molar-refractivity contribution < 1.29 is 18.4 Å². The molecule has 6 heteroatoms. The van der Waals surface area contributed by atoms with Crippen molar-refractivity contribution in [3.05, 3.63) is 78.5 Å². The summed E-state index contributed by atoms with van der Waals surface area (Å²) in [5, 5.41) is 2.18. The number of carbonyl (C=O) groups excluding carboxylic acids is 1. The van der Waals surface area contributed by atoms with Crippen molar-refractivity contribution in [3.8, 4) is 0 Å². The van der Waals surface area contributed by atoms with Gasteiger partial charge in [-0.05, 0) is 29.3 Å². The van der Waals surface area contributed by atoms with Crippen molar-refractivity contribution in [2.45, 2.75) is 45.8 Å². The molecule has 0 amide bonds. The molecular formula is C24H29NO4Si. The first-order valence-corrected chi connectivity index (χ1v) is 12.1. The molecule has 0 unspecified atom stereocenters. The summed E-state index contributed by atoms with van der Waals surface area (Å²) in [4.78, 5) is 16.3. The van der Waals surface area contributed by atoms with E-state index in [1.807, 2.05) is 43.3 Å². The first-order chi connectivity index (χ1) is 14.3. The minimum atomic E-state index is -2.74. The van der Waals surface area contributed by atoms with Gasteiger partial charge in [0.2, 0.25) is 5.89 Å². The van der Waals surface area contributed by atoms with Crippen molar-refractivity contribution in [2.24, 2.45) is 0 Å². The second kappa shape index (κ2) is 8.98. The molecule has 0 fully saturated rings. The number of benzene rings is 2. The zero-order chi connectivity index (χ0) is 21.8. The van der Waals surface area contributed by atoms with Crippen LogP contribution in [0.3, 0.4) is 0 Å². The fraction of sp³-hybridized carbons (Fsp3) is 0.333. The van der Waals surface area contributed by atoms with Crippen LogP contribution in [0.5, 0.6) is 0 Å². The molecule has 5 nitrogen and oxygen atoms in total. The maximum absolute atomic E-state index is 12.0. The van der Waals surface area contributed by atoms with E-state index in [1.54, 1.807) is 6.92 Å². The van der Waals surface area contributed by atoms with Gasteiger partial charge in [0.15, 0.2) is 5.69 Å². The summed E-state index contributed by atoms with van der Waals surface area (Å²) in [6.07, 6.45) is 0.887. The molecule has 3 aromatic rings. The molecule has 0 aliphatic heterocycles. The molecule has 0 spiro atoms. The molecule has 0 radical (unpaired) electrons. The van der Waals surface area contributed by atoms with Gasteiger partial charge in [-0.25, -0.2) is 9.78 Å². The number of hydrogen-bond donors (Lipinski definition) is 0. The van der Waals surface area contributed by atoms with E-state index in [1.165, 1.54) is 16.6 Å². The summed E-state index contributed by atoms with van der Waals surface area (Å²) < 4.78 is 17.6. The van der Waals surface area contributed by atoms with E-state index in [4.69, 9.17) is 13.6 Å². The minimum Gasteiger partial charge on any atom is -0.461 e. The molecule has 2 aromatic carbocycles. The molecule has 1 heterocycles. The van der Waals surface area contributed by atoms with E-state index >= 15 is 0 Å². The predicted molar refractivity (Wildman–Crippen MR) is 120 cm³/mol. The second-order valence-electron chi connectivity index (χ2n) is 8.21. The van der Waals surface area contributed by atoms with Gasteiger partial charge in [0.1, 0.15) is 12.4 Å². The van der Waals surface area contributed by atoms with Crippen LogP contribution < -0.4 is 10.4 Å². The molecule has 0 bridgehead atoms. The topological polar surface area (TPSA) is 61.6 Å². The third-order valence-electron chi connectivity index (χ3n) is 5.12. The number of ether oxygens (including phenoxy) is 1. The number of hydrogen-bond acceptors (Lipinski definition) is 5. The number of esters is 1. The number of rotatable bonds is 7. The van der Waals surface area contributed by atoms with Crippen molar-refractivity contribution >= 4 is 24.7 Å². The van der Waals surface area contributed by atoms with Crippen LogP contribution in [0.1, 0.15) is 57.1 Å². The summed E-state index contributed by atoms with van der Waals surface area (Å²) in [5.74, 6) is -0.129. The highest BCUT2D eigenvalue weighted by molar-refractivity contribution is 6.99. The smallest absolute Gasteiger partial charge is 0.360 e. The van der Waals surface area contributed by atoms with Crippen LogP contribution >= 0.6 is 0 Å². The van der Waals surface area contributed by atoms with E-state index in [9.17, 15) is 4.79 Å². The summed E-state index contributed by atoms with van der Waals surface area (Å²) in [7, 11) is -2.74. The lowest BCUT2D eigenvalue weighted by molar-refractivity contribution is 0.0519. The Morgan fingerprint density at radius 1 is 1.03 bits per heavy atom. The van der Waals surface area contributed by atoms with Crippen LogP contribution in [0.4, 0.5) is 0 Å². The number of aromatic nitrogens is 1. The largest absolute Gasteiger partial charge is 0.461 e. The van der Waals surface area contributed by atoms with Crippen molar-refractivity contribution in [1.82, 2.24) is 4.98 Å². The SMILES string of the molecule is CCOC(=O)c1coc([C@H](C)O[Si](c2ccccc2)(c2ccccc2)C(C)(C)C)n1. The number of carbonyl (C=O) groups is 1. The lowest BCUT2D eigenvalue weighted by Crippen LogP contribution is -2.66. The average molecular weight is 424 g/mol. The summed E-state index contributed by atoms with van der Waals surface area (Å²) in [6.45, 7) is 10.6. The number of nitrogens with zero attached hydrogens (tertiary/aromatic N) is 1. The van der Waals surface area contributed by atoms with Crippen LogP contribution in [0.25, 0.3) is 0 Å². The first kappa shape index (κ1) is 22.0. The standard InChI is InChI=1S/C24H29NO4Si/c1-6-27-23(26)21-17-28-22(25-21)18(2)29-30(24(3,4)5,19-13-9-7-10-14-19)20-15-11-8-12-16-20/h7-18H,6H2,1-5H3/t18-/m0/s1. The van der Waals surface area contributed by atoms with E-state index in [0.717, 1.165) is 0 Å². The normalized spacial score (nSPS) is 13.1. The Kier molecular flexibility index (Phi) is 6.58. The quantitative estimate of drug-likeness (QED) is 0.414. The highest BCUT2D eigenvalue weighted by Crippen LogP contribution is 2.39. The Bertz CT molecular complexity index is 924. The maximum atomic E-state index is 12.0. The van der Waals surface area contributed by atoms with Crippen LogP contribution in [-0.2, 0) is 9.16 Å². The fourth-order valence-electron chi connectivity index (χ4n) is 3.78. The molecule has 0 N–H and O–H groups in total. The molecular weight excluding hydrogens is 394 g/mol. The van der Waals surface area contributed by atoms with Gasteiger partial charge in [-0.15, -0.1) is 0 Å². The van der Waals surface area contributed by atoms with Crippen LogP contribution in [0.2, 0.25) is 5.04 Å². The Morgan fingerprint density at radius 2 is 1.57 bits per heavy atom. The third-order valence-corrected chi connectivity index (χ3v) is 10.2. The van der Waals surface area contributed by atoms with E-state index in [-0.39, 0.29) is 17.3 Å². The number of oxazole rings is 1. The highest BCUT2D eigenvalue weighted by Gasteiger charge is 2.51. The van der Waals surface area contributed by atoms with Crippen LogP contribution in [0, 0.1) is 0 Å². The minimum absolute atomic E-state index is 0.157. The van der Waals surface area contributed by atoms with Gasteiger partial charge in [-0.1, -0.05) is 81.4 Å². The second-order valence-corrected chi connectivity index (χ2v) is 12.5. The fourth-order valence-corrected chi connectivity index (χ4v) is 8.43. The molecule has 0 aliphatic rings. The van der Waals surface area contributed by atoms with E-state index < -0.39 is 20.4 Å². The van der Waals surface area contributed by atoms with Gasteiger partial charge in [0, 0.05) is 0 Å². The van der Waals surface area contributed by atoms with Gasteiger partial charge in [-0.2, -0.15) is 0 Å². The summed E-state index contributed by atoms with van der Waals surface area (Å²) >= 11 is 0. The first-order valence-electron chi connectivity index (χ1n) is 10.2. The third kappa shape index (κ3) is 4.25. The van der Waals surface area contributed by atoms with Crippen molar-refractivity contribution in [2.75, 3.05) is 6.61 Å². The Balaban J connectivity index is 2.06. The molecule has 1 aromatic heterocycles. The monoisotopic (exact) mass is 423 g/mol. The van der Waals surface area contributed by atoms with Crippen molar-refractivity contribution in [3.63, 3.8) is 0 Å². The molecule has 158 valence electrons. The lowest BCUT2D eigenvalue weighted by atomic mass is 10.2. The highest BCUT2D eigenvalue weighted by atomic mass is 28.4. The summed E-state index contributed by atoms with van der Waals surface area (Å²) in [6, 6.07) is 20.8. The van der Waals surface area contributed by atoms with Gasteiger partial charge in [0.25, 0.3) is 8.32 Å². The van der Waals surface area contributed by atoms with Crippen molar-refractivity contribution in [1.29, 1.82) is 0 Å². The maximum Gasteiger partial charge on any atom is 0.360 e. The molecule has 3 rings (SSSR count). The van der Waals surface area contributed by atoms with Gasteiger partial charge >= 0.3 is 5.97 Å². The molecule has 0 saturated heterocycles. The van der Waals surface area contributed by atoms with E-state index in [0.29, 0.717) is 5.89 Å². The predicted octanol–water partition coefficient (Wildman–Crippen LogP) is 4.49. The van der Waals surface area contributed by atoms with Crippen LogP contribution in [-0.4, -0.2) is 25.9 Å². The van der Waals surface area contributed by atoms with Crippen LogP contribution in [0.15, 0.2) is 71.3 Å². The Hall–Kier alpha value is -2.70. The molecule has 1 atom stereocenters. The van der Waals surface area contributed by atoms with Gasteiger partial charge in [0.05, 0.1) is 6.61 Å².